The molecule has 1 heterocycles. The van der Waals surface area contributed by atoms with Crippen LogP contribution in [0.15, 0.2) is 12.7 Å². The molecule has 1 aliphatic rings. The molecule has 0 N–H and O–H groups in total. The summed E-state index contributed by atoms with van der Waals surface area (Å²) < 4.78 is 5.14. The molecule has 0 aromatic carbocycles. The van der Waals surface area contributed by atoms with Crippen molar-refractivity contribution >= 4 is 0 Å². The van der Waals surface area contributed by atoms with E-state index in [4.69, 9.17) is 4.74 Å². The van der Waals surface area contributed by atoms with E-state index in [1.807, 2.05) is 6.08 Å². The van der Waals surface area contributed by atoms with Crippen LogP contribution >= 0.6 is 0 Å². The minimum atomic E-state index is 0.689. The largest absolute Gasteiger partial charge is 0.383 e. The fourth-order valence-corrected chi connectivity index (χ4v) is 2.20. The summed E-state index contributed by atoms with van der Waals surface area (Å²) in [5.41, 5.74) is 0. The lowest BCUT2D eigenvalue weighted by atomic mass is 10.1. The summed E-state index contributed by atoms with van der Waals surface area (Å²) in [6, 6.07) is 0.689. The van der Waals surface area contributed by atoms with Gasteiger partial charge in [-0.1, -0.05) is 13.0 Å². The molecule has 1 aliphatic heterocycles. The van der Waals surface area contributed by atoms with Crippen LogP contribution in [0, 0.1) is 0 Å². The third kappa shape index (κ3) is 3.93. The van der Waals surface area contributed by atoms with Crippen LogP contribution in [0.3, 0.4) is 0 Å². The van der Waals surface area contributed by atoms with Crippen molar-refractivity contribution < 1.29 is 4.74 Å². The van der Waals surface area contributed by atoms with Gasteiger partial charge >= 0.3 is 0 Å². The smallest absolute Gasteiger partial charge is 0.0589 e. The van der Waals surface area contributed by atoms with Crippen LogP contribution in [0.1, 0.15) is 13.3 Å². The Balaban J connectivity index is 2.37. The van der Waals surface area contributed by atoms with Gasteiger partial charge in [0.2, 0.25) is 0 Å². The third-order valence-corrected chi connectivity index (χ3v) is 3.13. The van der Waals surface area contributed by atoms with Crippen LogP contribution in [0.5, 0.6) is 0 Å². The van der Waals surface area contributed by atoms with Crippen molar-refractivity contribution in [3.05, 3.63) is 12.7 Å². The van der Waals surface area contributed by atoms with Crippen molar-refractivity contribution in [1.29, 1.82) is 0 Å². The Morgan fingerprint density at radius 1 is 1.47 bits per heavy atom. The molecule has 3 nitrogen and oxygen atoms in total. The normalized spacial score (nSPS) is 24.3. The minimum absolute atomic E-state index is 0.689. The van der Waals surface area contributed by atoms with Gasteiger partial charge in [-0.25, -0.2) is 0 Å². The van der Waals surface area contributed by atoms with E-state index in [-0.39, 0.29) is 0 Å². The predicted molar refractivity (Wildman–Crippen MR) is 64.2 cm³/mol. The van der Waals surface area contributed by atoms with E-state index in [2.05, 4.69) is 23.3 Å². The summed E-state index contributed by atoms with van der Waals surface area (Å²) in [7, 11) is 1.77. The SMILES string of the molecule is C=CCN1CCN(CCOC)C(CC)C1. The highest BCUT2D eigenvalue weighted by Gasteiger charge is 2.24. The van der Waals surface area contributed by atoms with Gasteiger partial charge in [0.15, 0.2) is 0 Å². The molecule has 1 saturated heterocycles. The van der Waals surface area contributed by atoms with Gasteiger partial charge in [0, 0.05) is 45.9 Å². The van der Waals surface area contributed by atoms with Crippen molar-refractivity contribution in [3.8, 4) is 0 Å². The molecular weight excluding hydrogens is 188 g/mol. The van der Waals surface area contributed by atoms with Gasteiger partial charge in [-0.3, -0.25) is 9.80 Å². The van der Waals surface area contributed by atoms with Gasteiger partial charge in [-0.05, 0) is 6.42 Å². The van der Waals surface area contributed by atoms with Crippen molar-refractivity contribution in [3.63, 3.8) is 0 Å². The van der Waals surface area contributed by atoms with Gasteiger partial charge < -0.3 is 4.74 Å². The molecule has 0 amide bonds. The lowest BCUT2D eigenvalue weighted by Crippen LogP contribution is -2.53. The monoisotopic (exact) mass is 212 g/mol. The Morgan fingerprint density at radius 2 is 2.27 bits per heavy atom. The number of rotatable bonds is 6. The van der Waals surface area contributed by atoms with Crippen molar-refractivity contribution in [1.82, 2.24) is 9.80 Å². The second-order valence-corrected chi connectivity index (χ2v) is 4.14. The minimum Gasteiger partial charge on any atom is -0.383 e. The maximum absolute atomic E-state index is 5.14. The van der Waals surface area contributed by atoms with E-state index in [0.717, 1.165) is 32.8 Å². The average Bonchev–Trinajstić information content (AvgIpc) is 2.27. The Morgan fingerprint density at radius 3 is 2.87 bits per heavy atom. The fourth-order valence-electron chi connectivity index (χ4n) is 2.20. The predicted octanol–water partition coefficient (Wildman–Crippen LogP) is 1.21. The first-order valence-electron chi connectivity index (χ1n) is 5.88. The summed E-state index contributed by atoms with van der Waals surface area (Å²) in [4.78, 5) is 5.02. The van der Waals surface area contributed by atoms with Crippen LogP contribution in [-0.2, 0) is 4.74 Å². The molecule has 0 aromatic rings. The number of piperazine rings is 1. The average molecular weight is 212 g/mol. The van der Waals surface area contributed by atoms with Gasteiger partial charge in [-0.15, -0.1) is 6.58 Å². The molecule has 0 radical (unpaired) electrons. The Kier molecular flexibility index (Phi) is 5.91. The van der Waals surface area contributed by atoms with Crippen LogP contribution in [0.25, 0.3) is 0 Å². The standard InChI is InChI=1S/C12H24N2O/c1-4-6-13-7-8-14(9-10-15-3)12(5-2)11-13/h4,12H,1,5-11H2,2-3H3. The summed E-state index contributed by atoms with van der Waals surface area (Å²) in [5, 5.41) is 0. The zero-order chi connectivity index (χ0) is 11.1. The first kappa shape index (κ1) is 12.7. The summed E-state index contributed by atoms with van der Waals surface area (Å²) >= 11 is 0. The molecule has 15 heavy (non-hydrogen) atoms. The number of hydrogen-bond acceptors (Lipinski definition) is 3. The molecule has 1 fully saturated rings. The van der Waals surface area contributed by atoms with Crippen LogP contribution in [0.2, 0.25) is 0 Å². The highest BCUT2D eigenvalue weighted by molar-refractivity contribution is 4.84. The number of nitrogens with zero attached hydrogens (tertiary/aromatic N) is 2. The molecule has 0 saturated carbocycles. The van der Waals surface area contributed by atoms with Gasteiger partial charge in [-0.2, -0.15) is 0 Å². The summed E-state index contributed by atoms with van der Waals surface area (Å²) in [5.74, 6) is 0. The van der Waals surface area contributed by atoms with E-state index >= 15 is 0 Å². The second kappa shape index (κ2) is 6.99. The second-order valence-electron chi connectivity index (χ2n) is 4.14. The number of ether oxygens (including phenoxy) is 1. The molecule has 1 unspecified atom stereocenters. The fraction of sp³-hybridized carbons (Fsp3) is 0.833. The molecule has 0 aromatic heterocycles. The van der Waals surface area contributed by atoms with Crippen molar-refractivity contribution in [2.75, 3.05) is 46.4 Å². The molecule has 0 spiro atoms. The maximum atomic E-state index is 5.14. The zero-order valence-electron chi connectivity index (χ0n) is 10.1. The topological polar surface area (TPSA) is 15.7 Å². The lowest BCUT2D eigenvalue weighted by Gasteiger charge is -2.40. The molecule has 0 bridgehead atoms. The number of methoxy groups -OCH3 is 1. The first-order valence-corrected chi connectivity index (χ1v) is 5.88. The molecule has 1 atom stereocenters. The zero-order valence-corrected chi connectivity index (χ0v) is 10.1. The molecular formula is C12H24N2O. The van der Waals surface area contributed by atoms with E-state index < -0.39 is 0 Å². The van der Waals surface area contributed by atoms with E-state index in [1.165, 1.54) is 13.0 Å². The first-order chi connectivity index (χ1) is 7.31. The van der Waals surface area contributed by atoms with Crippen molar-refractivity contribution in [2.24, 2.45) is 0 Å². The van der Waals surface area contributed by atoms with E-state index in [1.54, 1.807) is 7.11 Å². The van der Waals surface area contributed by atoms with Crippen LogP contribution < -0.4 is 0 Å². The maximum Gasteiger partial charge on any atom is 0.0589 e. The van der Waals surface area contributed by atoms with E-state index in [9.17, 15) is 0 Å². The van der Waals surface area contributed by atoms with Crippen LogP contribution in [0.4, 0.5) is 0 Å². The summed E-state index contributed by atoms with van der Waals surface area (Å²) in [6.45, 7) is 12.5. The molecule has 1 rings (SSSR count). The number of hydrogen-bond donors (Lipinski definition) is 0. The molecule has 3 heteroatoms. The van der Waals surface area contributed by atoms with Crippen molar-refractivity contribution in [2.45, 2.75) is 19.4 Å². The Bertz CT molecular complexity index is 184. The highest BCUT2D eigenvalue weighted by atomic mass is 16.5. The Hall–Kier alpha value is -0.380. The van der Waals surface area contributed by atoms with Gasteiger partial charge in [0.1, 0.15) is 0 Å². The van der Waals surface area contributed by atoms with Gasteiger partial charge in [0.05, 0.1) is 6.61 Å². The third-order valence-electron chi connectivity index (χ3n) is 3.13. The Labute approximate surface area is 93.7 Å². The molecule has 88 valence electrons. The lowest BCUT2D eigenvalue weighted by molar-refractivity contribution is 0.0547. The van der Waals surface area contributed by atoms with Crippen LogP contribution in [-0.4, -0.2) is 62.3 Å². The molecule has 0 aliphatic carbocycles. The highest BCUT2D eigenvalue weighted by Crippen LogP contribution is 2.12. The van der Waals surface area contributed by atoms with E-state index in [0.29, 0.717) is 6.04 Å². The summed E-state index contributed by atoms with van der Waals surface area (Å²) in [6.07, 6.45) is 3.22. The quantitative estimate of drug-likeness (QED) is 0.616. The van der Waals surface area contributed by atoms with Gasteiger partial charge in [0.25, 0.3) is 0 Å².